The van der Waals surface area contributed by atoms with Crippen molar-refractivity contribution in [3.05, 3.63) is 73.2 Å². The molecular formula is C27H21N3. The molecule has 0 saturated heterocycles. The maximum Gasteiger partial charge on any atom is 0.0484 e. The van der Waals surface area contributed by atoms with Crippen molar-refractivity contribution in [1.29, 1.82) is 0 Å². The first-order chi connectivity index (χ1) is 14.6. The number of aryl methyl sites for hydroxylation is 3. The molecule has 7 rings (SSSR count). The van der Waals surface area contributed by atoms with Crippen LogP contribution in [0.25, 0.3) is 65.0 Å². The van der Waals surface area contributed by atoms with Crippen LogP contribution in [-0.2, 0) is 21.1 Å². The van der Waals surface area contributed by atoms with Crippen molar-refractivity contribution in [2.45, 2.75) is 0 Å². The highest BCUT2D eigenvalue weighted by Crippen LogP contribution is 2.44. The highest BCUT2D eigenvalue weighted by molar-refractivity contribution is 6.39. The first-order valence-corrected chi connectivity index (χ1v) is 10.4. The molecule has 0 aliphatic carbocycles. The van der Waals surface area contributed by atoms with Crippen molar-refractivity contribution >= 4 is 65.0 Å². The van der Waals surface area contributed by atoms with Crippen LogP contribution in [0.2, 0.25) is 0 Å². The second kappa shape index (κ2) is 5.25. The minimum atomic E-state index is 1.27. The molecule has 144 valence electrons. The van der Waals surface area contributed by atoms with E-state index < -0.39 is 0 Å². The average molecular weight is 387 g/mol. The standard InChI is InChI=1S/C27H21N3/c1-28-13-10-18-22(28)7-4-16-17-5-8-23-19(11-14-29(23)2)26(17)27-20-12-15-30(3)24(20)9-6-21(27)25(16)18/h4-15H,1-3H3. The lowest BCUT2D eigenvalue weighted by atomic mass is 9.89. The molecule has 3 aromatic heterocycles. The summed E-state index contributed by atoms with van der Waals surface area (Å²) in [5, 5.41) is 12.1. The van der Waals surface area contributed by atoms with E-state index in [1.54, 1.807) is 0 Å². The van der Waals surface area contributed by atoms with Gasteiger partial charge in [0.15, 0.2) is 0 Å². The molecule has 3 heterocycles. The Morgan fingerprint density at radius 3 is 1.23 bits per heavy atom. The Balaban J connectivity index is 1.93. The van der Waals surface area contributed by atoms with Gasteiger partial charge in [-0.3, -0.25) is 0 Å². The van der Waals surface area contributed by atoms with Crippen LogP contribution in [0.5, 0.6) is 0 Å². The number of rotatable bonds is 0. The van der Waals surface area contributed by atoms with Gasteiger partial charge in [0.2, 0.25) is 0 Å². The van der Waals surface area contributed by atoms with E-state index in [9.17, 15) is 0 Å². The van der Waals surface area contributed by atoms with Crippen molar-refractivity contribution in [2.75, 3.05) is 0 Å². The lowest BCUT2D eigenvalue weighted by molar-refractivity contribution is 0.969. The van der Waals surface area contributed by atoms with Crippen LogP contribution in [-0.4, -0.2) is 13.7 Å². The number of benzene rings is 4. The van der Waals surface area contributed by atoms with Gasteiger partial charge in [0.25, 0.3) is 0 Å². The summed E-state index contributed by atoms with van der Waals surface area (Å²) in [5.41, 5.74) is 3.82. The quantitative estimate of drug-likeness (QED) is 0.260. The molecule has 4 aromatic carbocycles. The fraction of sp³-hybridized carbons (Fsp3) is 0.111. The molecule has 0 aliphatic heterocycles. The Hall–Kier alpha value is -3.72. The third-order valence-corrected chi connectivity index (χ3v) is 7.01. The van der Waals surface area contributed by atoms with Crippen LogP contribution in [0.1, 0.15) is 0 Å². The van der Waals surface area contributed by atoms with Crippen LogP contribution in [0.4, 0.5) is 0 Å². The van der Waals surface area contributed by atoms with Gasteiger partial charge in [-0.1, -0.05) is 18.2 Å². The smallest absolute Gasteiger partial charge is 0.0484 e. The highest BCUT2D eigenvalue weighted by atomic mass is 14.9. The molecule has 0 atom stereocenters. The van der Waals surface area contributed by atoms with Gasteiger partial charge >= 0.3 is 0 Å². The maximum atomic E-state index is 2.33. The minimum absolute atomic E-state index is 1.27. The van der Waals surface area contributed by atoms with Crippen LogP contribution in [0, 0.1) is 0 Å². The second-order valence-electron chi connectivity index (χ2n) is 8.54. The van der Waals surface area contributed by atoms with E-state index in [0.29, 0.717) is 0 Å². The van der Waals surface area contributed by atoms with Crippen molar-refractivity contribution in [3.8, 4) is 0 Å². The van der Waals surface area contributed by atoms with Crippen molar-refractivity contribution in [2.24, 2.45) is 21.1 Å². The van der Waals surface area contributed by atoms with Crippen LogP contribution in [0.15, 0.2) is 73.2 Å². The Bertz CT molecular complexity index is 1820. The van der Waals surface area contributed by atoms with Crippen molar-refractivity contribution < 1.29 is 0 Å². The molecule has 30 heavy (non-hydrogen) atoms. The highest BCUT2D eigenvalue weighted by Gasteiger charge is 2.17. The van der Waals surface area contributed by atoms with E-state index in [0.717, 1.165) is 0 Å². The van der Waals surface area contributed by atoms with Gasteiger partial charge in [0.05, 0.1) is 0 Å². The number of nitrogens with zero attached hydrogens (tertiary/aromatic N) is 3. The molecule has 0 bridgehead atoms. The zero-order valence-corrected chi connectivity index (χ0v) is 17.3. The molecule has 0 fully saturated rings. The summed E-state index contributed by atoms with van der Waals surface area (Å²) in [6, 6.07) is 20.6. The molecule has 7 aromatic rings. The Kier molecular flexibility index (Phi) is 2.82. The zero-order valence-electron chi connectivity index (χ0n) is 17.3. The number of hydrogen-bond donors (Lipinski definition) is 0. The zero-order chi connectivity index (χ0) is 20.1. The average Bonchev–Trinajstić information content (AvgIpc) is 3.45. The summed E-state index contributed by atoms with van der Waals surface area (Å²) in [6.07, 6.45) is 6.52. The van der Waals surface area contributed by atoms with E-state index in [-0.39, 0.29) is 0 Å². The van der Waals surface area contributed by atoms with E-state index in [1.807, 2.05) is 0 Å². The second-order valence-corrected chi connectivity index (χ2v) is 8.54. The van der Waals surface area contributed by atoms with E-state index in [4.69, 9.17) is 0 Å². The van der Waals surface area contributed by atoms with Gasteiger partial charge in [-0.15, -0.1) is 0 Å². The number of fused-ring (bicyclic) bond motifs is 12. The molecule has 3 nitrogen and oxygen atoms in total. The van der Waals surface area contributed by atoms with E-state index in [1.165, 1.54) is 65.0 Å². The van der Waals surface area contributed by atoms with Crippen molar-refractivity contribution in [3.63, 3.8) is 0 Å². The van der Waals surface area contributed by atoms with Gasteiger partial charge < -0.3 is 13.7 Å². The van der Waals surface area contributed by atoms with Crippen LogP contribution >= 0.6 is 0 Å². The van der Waals surface area contributed by atoms with Crippen LogP contribution < -0.4 is 0 Å². The monoisotopic (exact) mass is 387 g/mol. The van der Waals surface area contributed by atoms with E-state index in [2.05, 4.69) is 108 Å². The van der Waals surface area contributed by atoms with Gasteiger partial charge in [0, 0.05) is 83.2 Å². The Morgan fingerprint density at radius 2 is 0.733 bits per heavy atom. The fourth-order valence-electron chi connectivity index (χ4n) is 5.54. The Labute approximate surface area is 173 Å². The molecule has 0 radical (unpaired) electrons. The number of aromatic nitrogens is 3. The van der Waals surface area contributed by atoms with Gasteiger partial charge in [-0.25, -0.2) is 0 Å². The van der Waals surface area contributed by atoms with Crippen LogP contribution in [0.3, 0.4) is 0 Å². The maximum absolute atomic E-state index is 2.33. The lowest BCUT2D eigenvalue weighted by Crippen LogP contribution is -1.90. The summed E-state index contributed by atoms with van der Waals surface area (Å²) in [5.74, 6) is 0. The molecule has 0 N–H and O–H groups in total. The lowest BCUT2D eigenvalue weighted by Gasteiger charge is -2.14. The molecule has 0 amide bonds. The molecule has 0 aliphatic rings. The molecule has 3 heteroatoms. The minimum Gasteiger partial charge on any atom is -0.351 e. The largest absolute Gasteiger partial charge is 0.351 e. The number of hydrogen-bond acceptors (Lipinski definition) is 0. The summed E-state index contributed by atoms with van der Waals surface area (Å²) in [6.45, 7) is 0. The predicted octanol–water partition coefficient (Wildman–Crippen LogP) is 6.62. The topological polar surface area (TPSA) is 14.8 Å². The summed E-state index contributed by atoms with van der Waals surface area (Å²) < 4.78 is 6.65. The first kappa shape index (κ1) is 16.1. The SMILES string of the molecule is Cn1ccc2c3c(ccc21)c1ccc2c(ccn2C)c1c1c3ccc2c1ccn2C. The van der Waals surface area contributed by atoms with Crippen molar-refractivity contribution in [1.82, 2.24) is 13.7 Å². The molecule has 0 spiro atoms. The van der Waals surface area contributed by atoms with E-state index >= 15 is 0 Å². The summed E-state index contributed by atoms with van der Waals surface area (Å²) in [4.78, 5) is 0. The van der Waals surface area contributed by atoms with Gasteiger partial charge in [0.1, 0.15) is 0 Å². The molecular weight excluding hydrogens is 366 g/mol. The third kappa shape index (κ3) is 1.77. The Morgan fingerprint density at radius 1 is 0.367 bits per heavy atom. The first-order valence-electron chi connectivity index (χ1n) is 10.4. The molecule has 0 unspecified atom stereocenters. The fourth-order valence-corrected chi connectivity index (χ4v) is 5.54. The summed E-state index contributed by atoms with van der Waals surface area (Å²) >= 11 is 0. The third-order valence-electron chi connectivity index (χ3n) is 7.01. The summed E-state index contributed by atoms with van der Waals surface area (Å²) in [7, 11) is 6.38. The van der Waals surface area contributed by atoms with Gasteiger partial charge in [-0.2, -0.15) is 0 Å². The molecule has 0 saturated carbocycles. The van der Waals surface area contributed by atoms with Gasteiger partial charge in [-0.05, 0) is 57.9 Å². The normalized spacial score (nSPS) is 12.5. The predicted molar refractivity (Wildman–Crippen MR) is 128 cm³/mol.